The van der Waals surface area contributed by atoms with Crippen molar-refractivity contribution in [3.05, 3.63) is 59.7 Å². The molecule has 6 nitrogen and oxygen atoms in total. The highest BCUT2D eigenvalue weighted by Crippen LogP contribution is 2.22. The van der Waals surface area contributed by atoms with Gasteiger partial charge in [-0.05, 0) is 111 Å². The molecule has 0 aliphatic carbocycles. The summed E-state index contributed by atoms with van der Waals surface area (Å²) in [5.41, 5.74) is 2.40. The van der Waals surface area contributed by atoms with Gasteiger partial charge in [0.15, 0.2) is 0 Å². The largest absolute Gasteiger partial charge is 0.494 e. The van der Waals surface area contributed by atoms with Gasteiger partial charge in [0, 0.05) is 52.1 Å². The number of nitrogens with zero attached hydrogens (tertiary/aromatic N) is 2. The normalized spacial score (nSPS) is 22.0. The van der Waals surface area contributed by atoms with Crippen LogP contribution in [0.25, 0.3) is 0 Å². The molecule has 0 radical (unpaired) electrons. The van der Waals surface area contributed by atoms with E-state index < -0.39 is 0 Å². The van der Waals surface area contributed by atoms with Crippen molar-refractivity contribution < 1.29 is 19.1 Å². The van der Waals surface area contributed by atoms with Crippen molar-refractivity contribution in [2.24, 2.45) is 23.7 Å². The summed E-state index contributed by atoms with van der Waals surface area (Å²) < 4.78 is 11.7. The molecular weight excluding hydrogens is 572 g/mol. The number of ether oxygens (including phenoxy) is 2. The number of likely N-dealkylation sites (tertiary alicyclic amines) is 2. The number of rotatable bonds is 16. The molecule has 4 atom stereocenters. The van der Waals surface area contributed by atoms with Gasteiger partial charge in [-0.25, -0.2) is 0 Å². The lowest BCUT2D eigenvalue weighted by molar-refractivity contribution is -0.117. The molecule has 2 aromatic carbocycles. The van der Waals surface area contributed by atoms with Crippen molar-refractivity contribution in [1.82, 2.24) is 9.80 Å². The Labute approximate surface area is 280 Å². The van der Waals surface area contributed by atoms with Crippen molar-refractivity contribution in [3.8, 4) is 11.5 Å². The Morgan fingerprint density at radius 1 is 0.587 bits per heavy atom. The predicted octanol–water partition coefficient (Wildman–Crippen LogP) is 7.91. The van der Waals surface area contributed by atoms with Gasteiger partial charge in [-0.1, -0.05) is 52.0 Å². The van der Waals surface area contributed by atoms with Crippen molar-refractivity contribution in [3.63, 3.8) is 0 Å². The van der Waals surface area contributed by atoms with Gasteiger partial charge in [0.05, 0.1) is 13.2 Å². The lowest BCUT2D eigenvalue weighted by Gasteiger charge is -2.34. The smallest absolute Gasteiger partial charge is 0.130 e. The standard InChI is InChI=1S/2C20H31NO2/c2*1-16-13-17(2)15-21(14-16)11-4-12-23-20-9-7-19(8-10-20)6-5-18(3)22/h2*7-10,16-17H,4-6,11-15H2,1-3H3/t16-,17+;16-,17-/m.0/s1. The Hall–Kier alpha value is -2.70. The molecule has 2 aromatic rings. The molecule has 46 heavy (non-hydrogen) atoms. The second-order valence-electron chi connectivity index (χ2n) is 14.5. The van der Waals surface area contributed by atoms with Crippen LogP contribution in [0.15, 0.2) is 48.5 Å². The van der Waals surface area contributed by atoms with Crippen molar-refractivity contribution in [2.45, 2.75) is 92.9 Å². The van der Waals surface area contributed by atoms with Gasteiger partial charge in [-0.15, -0.1) is 0 Å². The van der Waals surface area contributed by atoms with E-state index >= 15 is 0 Å². The van der Waals surface area contributed by atoms with E-state index in [1.807, 2.05) is 24.3 Å². The second kappa shape index (κ2) is 20.5. The summed E-state index contributed by atoms with van der Waals surface area (Å²) in [4.78, 5) is 27.2. The van der Waals surface area contributed by atoms with Crippen LogP contribution in [0.5, 0.6) is 11.5 Å². The van der Waals surface area contributed by atoms with Gasteiger partial charge in [-0.2, -0.15) is 0 Å². The number of hydrogen-bond acceptors (Lipinski definition) is 6. The number of carbonyl (C=O) groups is 2. The Morgan fingerprint density at radius 2 is 0.913 bits per heavy atom. The van der Waals surface area contributed by atoms with Crippen molar-refractivity contribution in [2.75, 3.05) is 52.5 Å². The zero-order chi connectivity index (χ0) is 33.3. The zero-order valence-corrected chi connectivity index (χ0v) is 29.8. The number of benzene rings is 2. The SMILES string of the molecule is CC(=O)CCc1ccc(OCCCN2C[C@@H](C)C[C@H](C)C2)cc1.CC(=O)CCc1ccc(OCCCN2C[C@H](C)C[C@H](C)C2)cc1. The van der Waals surface area contributed by atoms with E-state index in [9.17, 15) is 9.59 Å². The summed E-state index contributed by atoms with van der Waals surface area (Å²) in [6, 6.07) is 16.3. The maximum Gasteiger partial charge on any atom is 0.130 e. The minimum Gasteiger partial charge on any atom is -0.494 e. The van der Waals surface area contributed by atoms with Crippen molar-refractivity contribution >= 4 is 11.6 Å². The number of piperidine rings is 2. The van der Waals surface area contributed by atoms with Crippen LogP contribution >= 0.6 is 0 Å². The maximum atomic E-state index is 11.0. The third-order valence-corrected chi connectivity index (χ3v) is 9.04. The molecule has 0 bridgehead atoms. The molecular formula is C40H62N2O4. The average Bonchev–Trinajstić information content (AvgIpc) is 3.00. The van der Waals surface area contributed by atoms with Crippen LogP contribution in [0, 0.1) is 23.7 Å². The van der Waals surface area contributed by atoms with Crippen LogP contribution in [0.2, 0.25) is 0 Å². The monoisotopic (exact) mass is 634 g/mol. The van der Waals surface area contributed by atoms with Gasteiger partial charge in [0.2, 0.25) is 0 Å². The maximum absolute atomic E-state index is 11.0. The fourth-order valence-electron chi connectivity index (χ4n) is 7.05. The summed E-state index contributed by atoms with van der Waals surface area (Å²) >= 11 is 0. The summed E-state index contributed by atoms with van der Waals surface area (Å²) in [7, 11) is 0. The molecule has 2 fully saturated rings. The highest BCUT2D eigenvalue weighted by molar-refractivity contribution is 5.76. The van der Waals surface area contributed by atoms with Crippen LogP contribution in [0.4, 0.5) is 0 Å². The van der Waals surface area contributed by atoms with Gasteiger partial charge in [0.25, 0.3) is 0 Å². The molecule has 0 aromatic heterocycles. The number of hydrogen-bond donors (Lipinski definition) is 0. The lowest BCUT2D eigenvalue weighted by Crippen LogP contribution is -2.39. The Balaban J connectivity index is 0.000000250. The number of carbonyl (C=O) groups excluding carboxylic acids is 2. The quantitative estimate of drug-likeness (QED) is 0.175. The fraction of sp³-hybridized carbons (Fsp3) is 0.650. The van der Waals surface area contributed by atoms with E-state index in [0.29, 0.717) is 12.8 Å². The van der Waals surface area contributed by atoms with Crippen LogP contribution in [0.3, 0.4) is 0 Å². The number of aryl methyl sites for hydroxylation is 2. The minimum absolute atomic E-state index is 0.242. The van der Waals surface area contributed by atoms with Crippen LogP contribution in [-0.2, 0) is 22.4 Å². The molecule has 0 spiro atoms. The lowest BCUT2D eigenvalue weighted by atomic mass is 9.92. The van der Waals surface area contributed by atoms with E-state index in [0.717, 1.165) is 87.2 Å². The third kappa shape index (κ3) is 15.7. The summed E-state index contributed by atoms with van der Waals surface area (Å²) in [6.45, 7) is 21.4. The van der Waals surface area contributed by atoms with E-state index in [1.54, 1.807) is 13.8 Å². The van der Waals surface area contributed by atoms with E-state index in [1.165, 1.54) is 50.1 Å². The molecule has 4 rings (SSSR count). The van der Waals surface area contributed by atoms with E-state index in [2.05, 4.69) is 61.8 Å². The first-order valence-corrected chi connectivity index (χ1v) is 17.9. The first-order valence-electron chi connectivity index (χ1n) is 17.9. The summed E-state index contributed by atoms with van der Waals surface area (Å²) in [6.07, 6.45) is 7.75. The van der Waals surface area contributed by atoms with Crippen LogP contribution < -0.4 is 9.47 Å². The molecule has 2 aliphatic rings. The summed E-state index contributed by atoms with van der Waals surface area (Å²) in [5.74, 6) is 5.63. The highest BCUT2D eigenvalue weighted by Gasteiger charge is 2.22. The van der Waals surface area contributed by atoms with Gasteiger partial charge in [0.1, 0.15) is 23.1 Å². The Bertz CT molecular complexity index is 1040. The first-order chi connectivity index (χ1) is 22.0. The average molecular weight is 635 g/mol. The van der Waals surface area contributed by atoms with Gasteiger partial charge < -0.3 is 28.9 Å². The number of Topliss-reactive ketones (excluding diaryl/α,β-unsaturated/α-hetero) is 2. The van der Waals surface area contributed by atoms with Gasteiger partial charge in [-0.3, -0.25) is 0 Å². The molecule has 0 amide bonds. The summed E-state index contributed by atoms with van der Waals surface area (Å²) in [5, 5.41) is 0. The second-order valence-corrected chi connectivity index (χ2v) is 14.5. The van der Waals surface area contributed by atoms with Gasteiger partial charge >= 0.3 is 0 Å². The van der Waals surface area contributed by atoms with Crippen molar-refractivity contribution in [1.29, 1.82) is 0 Å². The molecule has 2 saturated heterocycles. The molecule has 2 heterocycles. The molecule has 0 saturated carbocycles. The number of ketones is 2. The Morgan fingerprint density at radius 3 is 1.22 bits per heavy atom. The molecule has 0 N–H and O–H groups in total. The fourth-order valence-corrected chi connectivity index (χ4v) is 7.05. The highest BCUT2D eigenvalue weighted by atomic mass is 16.5. The van der Waals surface area contributed by atoms with E-state index in [4.69, 9.17) is 9.47 Å². The minimum atomic E-state index is 0.242. The molecule has 0 unspecified atom stereocenters. The van der Waals surface area contributed by atoms with Crippen LogP contribution in [0.1, 0.15) is 91.2 Å². The predicted molar refractivity (Wildman–Crippen MR) is 190 cm³/mol. The zero-order valence-electron chi connectivity index (χ0n) is 29.8. The Kier molecular flexibility index (Phi) is 16.8. The molecule has 256 valence electrons. The van der Waals surface area contributed by atoms with Crippen LogP contribution in [-0.4, -0.2) is 73.8 Å². The van der Waals surface area contributed by atoms with E-state index in [-0.39, 0.29) is 11.6 Å². The topological polar surface area (TPSA) is 59.1 Å². The third-order valence-electron chi connectivity index (χ3n) is 9.04. The molecule has 2 aliphatic heterocycles. The molecule has 6 heteroatoms. The first kappa shape index (κ1) is 37.8.